The van der Waals surface area contributed by atoms with Gasteiger partial charge in [0, 0.05) is 15.3 Å². The van der Waals surface area contributed by atoms with Crippen LogP contribution in [0.2, 0.25) is 0 Å². The smallest absolute Gasteiger partial charge is 0.307 e. The van der Waals surface area contributed by atoms with Gasteiger partial charge < -0.3 is 10.6 Å². The molecule has 0 aliphatic rings. The molecule has 0 aliphatic carbocycles. The second kappa shape index (κ2) is 6.17. The second-order valence-corrected chi connectivity index (χ2v) is 5.41. The van der Waals surface area contributed by atoms with Gasteiger partial charge >= 0.3 is 6.03 Å². The van der Waals surface area contributed by atoms with E-state index in [0.29, 0.717) is 11.8 Å². The lowest BCUT2D eigenvalue weighted by Crippen LogP contribution is -2.20. The summed E-state index contributed by atoms with van der Waals surface area (Å²) in [5.74, 6) is -1.51. The summed E-state index contributed by atoms with van der Waals surface area (Å²) in [6, 6.07) is 7.90. The van der Waals surface area contributed by atoms with Crippen molar-refractivity contribution in [2.75, 3.05) is 10.6 Å². The van der Waals surface area contributed by atoms with Crippen LogP contribution in [-0.4, -0.2) is 6.03 Å². The van der Waals surface area contributed by atoms with Gasteiger partial charge in [0.1, 0.15) is 11.6 Å². The lowest BCUT2D eigenvalue weighted by molar-refractivity contribution is 0.262. The molecular weight excluding hydrogens is 377 g/mol. The van der Waals surface area contributed by atoms with Gasteiger partial charge in [-0.25, -0.2) is 13.6 Å². The van der Waals surface area contributed by atoms with E-state index in [0.717, 1.165) is 15.2 Å². The second-order valence-electron chi connectivity index (χ2n) is 4.16. The van der Waals surface area contributed by atoms with Crippen molar-refractivity contribution in [1.82, 2.24) is 0 Å². The largest absolute Gasteiger partial charge is 0.323 e. The van der Waals surface area contributed by atoms with Gasteiger partial charge in [-0.2, -0.15) is 0 Å². The maximum absolute atomic E-state index is 13.4. The molecule has 2 amide bonds. The van der Waals surface area contributed by atoms with Gasteiger partial charge in [-0.15, -0.1) is 0 Å². The number of rotatable bonds is 2. The molecule has 0 spiro atoms. The van der Waals surface area contributed by atoms with Gasteiger partial charge in [-0.05, 0) is 65.4 Å². The molecule has 3 nitrogen and oxygen atoms in total. The number of nitrogens with one attached hydrogen (secondary N) is 2. The Labute approximate surface area is 128 Å². The molecule has 104 valence electrons. The number of aryl methyl sites for hydroxylation is 1. The molecule has 0 heterocycles. The topological polar surface area (TPSA) is 41.1 Å². The summed E-state index contributed by atoms with van der Waals surface area (Å²) >= 11 is 2.17. The molecule has 2 aromatic rings. The molecule has 0 radical (unpaired) electrons. The number of amides is 2. The Bertz CT molecular complexity index is 606. The lowest BCUT2D eigenvalue weighted by atomic mass is 10.2. The normalized spacial score (nSPS) is 10.2. The molecule has 0 saturated heterocycles. The highest BCUT2D eigenvalue weighted by Crippen LogP contribution is 2.19. The minimum absolute atomic E-state index is 0.0768. The third-order valence-electron chi connectivity index (χ3n) is 2.62. The molecule has 0 atom stereocenters. The first-order chi connectivity index (χ1) is 9.45. The van der Waals surface area contributed by atoms with Crippen LogP contribution in [0.5, 0.6) is 0 Å². The average Bonchev–Trinajstić information content (AvgIpc) is 2.36. The summed E-state index contributed by atoms with van der Waals surface area (Å²) in [6.45, 7) is 1.86. The highest BCUT2D eigenvalue weighted by molar-refractivity contribution is 14.1. The number of carbonyl (C=O) groups excluding carboxylic acids is 1. The zero-order chi connectivity index (χ0) is 14.7. The standard InChI is InChI=1S/C14H11F2IN2O/c1-8-6-10(17)3-5-12(8)18-14(20)19-13-4-2-9(15)7-11(13)16/h2-7H,1H3,(H2,18,19,20). The molecule has 20 heavy (non-hydrogen) atoms. The number of hydrogen-bond acceptors (Lipinski definition) is 1. The third-order valence-corrected chi connectivity index (χ3v) is 3.29. The fourth-order valence-corrected chi connectivity index (χ4v) is 2.28. The van der Waals surface area contributed by atoms with Gasteiger partial charge in [0.2, 0.25) is 0 Å². The van der Waals surface area contributed by atoms with Crippen molar-refractivity contribution in [1.29, 1.82) is 0 Å². The van der Waals surface area contributed by atoms with Gasteiger partial charge in [0.25, 0.3) is 0 Å². The van der Waals surface area contributed by atoms with E-state index >= 15 is 0 Å². The maximum Gasteiger partial charge on any atom is 0.323 e. The van der Waals surface area contributed by atoms with Crippen LogP contribution in [0, 0.1) is 22.1 Å². The first kappa shape index (κ1) is 14.7. The number of hydrogen-bond donors (Lipinski definition) is 2. The van der Waals surface area contributed by atoms with E-state index in [-0.39, 0.29) is 5.69 Å². The number of anilines is 2. The Kier molecular flexibility index (Phi) is 4.53. The SMILES string of the molecule is Cc1cc(I)ccc1NC(=O)Nc1ccc(F)cc1F. The Morgan fingerprint density at radius 1 is 1.05 bits per heavy atom. The maximum atomic E-state index is 13.4. The fraction of sp³-hybridized carbons (Fsp3) is 0.0714. The van der Waals surface area contributed by atoms with Crippen molar-refractivity contribution < 1.29 is 13.6 Å². The van der Waals surface area contributed by atoms with E-state index < -0.39 is 17.7 Å². The fourth-order valence-electron chi connectivity index (χ4n) is 1.63. The van der Waals surface area contributed by atoms with Gasteiger partial charge in [0.05, 0.1) is 5.69 Å². The Morgan fingerprint density at radius 2 is 1.70 bits per heavy atom. The van der Waals surface area contributed by atoms with Crippen LogP contribution in [0.25, 0.3) is 0 Å². The third kappa shape index (κ3) is 3.66. The minimum atomic E-state index is -0.820. The zero-order valence-electron chi connectivity index (χ0n) is 10.5. The van der Waals surface area contributed by atoms with Crippen molar-refractivity contribution in [2.45, 2.75) is 6.92 Å². The molecule has 0 bridgehead atoms. The summed E-state index contributed by atoms with van der Waals surface area (Å²) in [5.41, 5.74) is 1.45. The molecule has 0 aromatic heterocycles. The van der Waals surface area contributed by atoms with E-state index in [1.165, 1.54) is 6.07 Å². The predicted molar refractivity (Wildman–Crippen MR) is 82.9 cm³/mol. The van der Waals surface area contributed by atoms with Crippen molar-refractivity contribution in [2.24, 2.45) is 0 Å². The number of carbonyl (C=O) groups is 1. The molecule has 6 heteroatoms. The quantitative estimate of drug-likeness (QED) is 0.730. The number of urea groups is 1. The Morgan fingerprint density at radius 3 is 2.35 bits per heavy atom. The summed E-state index contributed by atoms with van der Waals surface area (Å²) in [6.07, 6.45) is 0. The predicted octanol–water partition coefficient (Wildman–Crippen LogP) is 4.52. The summed E-state index contributed by atoms with van der Waals surface area (Å²) in [7, 11) is 0. The van der Waals surface area contributed by atoms with Gasteiger partial charge in [-0.1, -0.05) is 0 Å². The summed E-state index contributed by atoms with van der Waals surface area (Å²) < 4.78 is 27.2. The van der Waals surface area contributed by atoms with Crippen molar-refractivity contribution in [3.63, 3.8) is 0 Å². The molecular formula is C14H11F2IN2O. The van der Waals surface area contributed by atoms with Crippen LogP contribution in [-0.2, 0) is 0 Å². The zero-order valence-corrected chi connectivity index (χ0v) is 12.7. The highest BCUT2D eigenvalue weighted by Gasteiger charge is 2.09. The van der Waals surface area contributed by atoms with Crippen molar-refractivity contribution in [3.8, 4) is 0 Å². The molecule has 0 fully saturated rings. The molecule has 0 aliphatic heterocycles. The van der Waals surface area contributed by atoms with E-state index in [9.17, 15) is 13.6 Å². The van der Waals surface area contributed by atoms with Crippen LogP contribution < -0.4 is 10.6 Å². The highest BCUT2D eigenvalue weighted by atomic mass is 127. The first-order valence-electron chi connectivity index (χ1n) is 5.75. The molecule has 0 saturated carbocycles. The molecule has 2 rings (SSSR count). The first-order valence-corrected chi connectivity index (χ1v) is 6.83. The summed E-state index contributed by atoms with van der Waals surface area (Å²) in [5, 5.41) is 4.95. The van der Waals surface area contributed by atoms with Gasteiger partial charge in [0.15, 0.2) is 0 Å². The van der Waals surface area contributed by atoms with Gasteiger partial charge in [-0.3, -0.25) is 0 Å². The van der Waals surface area contributed by atoms with Crippen LogP contribution in [0.3, 0.4) is 0 Å². The monoisotopic (exact) mass is 388 g/mol. The Hall–Kier alpha value is -1.70. The molecule has 2 N–H and O–H groups in total. The van der Waals surface area contributed by atoms with Crippen LogP contribution in [0.15, 0.2) is 36.4 Å². The van der Waals surface area contributed by atoms with E-state index in [2.05, 4.69) is 33.2 Å². The van der Waals surface area contributed by atoms with Crippen LogP contribution in [0.4, 0.5) is 25.0 Å². The lowest BCUT2D eigenvalue weighted by Gasteiger charge is -2.10. The Balaban J connectivity index is 2.09. The van der Waals surface area contributed by atoms with Crippen molar-refractivity contribution in [3.05, 3.63) is 57.2 Å². The van der Waals surface area contributed by atoms with E-state index in [1.807, 2.05) is 19.1 Å². The van der Waals surface area contributed by atoms with E-state index in [4.69, 9.17) is 0 Å². The van der Waals surface area contributed by atoms with E-state index in [1.54, 1.807) is 6.07 Å². The number of benzene rings is 2. The number of halogens is 3. The minimum Gasteiger partial charge on any atom is -0.307 e. The average molecular weight is 388 g/mol. The van der Waals surface area contributed by atoms with Crippen molar-refractivity contribution >= 4 is 40.0 Å². The molecule has 2 aromatic carbocycles. The summed E-state index contributed by atoms with van der Waals surface area (Å²) in [4.78, 5) is 11.8. The molecule has 0 unspecified atom stereocenters. The van der Waals surface area contributed by atoms with Crippen LogP contribution >= 0.6 is 22.6 Å². The van der Waals surface area contributed by atoms with Crippen LogP contribution in [0.1, 0.15) is 5.56 Å².